The zero-order valence-corrected chi connectivity index (χ0v) is 19.2. The molecule has 0 unspecified atom stereocenters. The lowest BCUT2D eigenvalue weighted by atomic mass is 10.0. The highest BCUT2D eigenvalue weighted by Gasteiger charge is 2.19. The van der Waals surface area contributed by atoms with Gasteiger partial charge in [0.15, 0.2) is 11.5 Å². The van der Waals surface area contributed by atoms with E-state index in [9.17, 15) is 4.79 Å². The molecule has 5 rings (SSSR count). The molecule has 3 heterocycles. The Labute approximate surface area is 194 Å². The number of carbonyl (C=O) groups is 1. The third-order valence-corrected chi connectivity index (χ3v) is 6.69. The number of aryl methyl sites for hydroxylation is 1. The number of aromatic nitrogens is 1. The molecule has 1 saturated heterocycles. The zero-order valence-electron chi connectivity index (χ0n) is 19.2. The number of carbonyl (C=O) groups excluding carboxylic acids is 1. The molecular weight excluding hydrogens is 416 g/mol. The molecule has 2 N–H and O–H groups in total. The van der Waals surface area contributed by atoms with Gasteiger partial charge in [0.25, 0.3) is 5.91 Å². The highest BCUT2D eigenvalue weighted by Crippen LogP contribution is 2.34. The van der Waals surface area contributed by atoms with Crippen molar-refractivity contribution in [3.63, 3.8) is 0 Å². The topological polar surface area (TPSA) is 69.8 Å². The normalized spacial score (nSPS) is 16.2. The largest absolute Gasteiger partial charge is 0.486 e. The number of nitrogens with one attached hydrogen (secondary N) is 2. The Morgan fingerprint density at radius 3 is 2.64 bits per heavy atom. The molecule has 174 valence electrons. The quantitative estimate of drug-likeness (QED) is 0.542. The summed E-state index contributed by atoms with van der Waals surface area (Å²) >= 11 is 0. The van der Waals surface area contributed by atoms with E-state index in [1.807, 2.05) is 24.3 Å². The second-order valence-electron chi connectivity index (χ2n) is 8.77. The second-order valence-corrected chi connectivity index (χ2v) is 8.77. The molecular formula is C26H32N4O3. The standard InChI is InChI=1S/C26H32N4O3/c1-27-26(31)19-5-7-23-22(16-19)20(18-28-23)4-2-3-9-29-10-12-30(13-11-29)21-6-8-24-25(17-21)33-15-14-32-24/h5-8,16-18,28H,2-4,9-15H2,1H3,(H,27,31). The van der Waals surface area contributed by atoms with Crippen LogP contribution < -0.4 is 19.7 Å². The smallest absolute Gasteiger partial charge is 0.251 e. The van der Waals surface area contributed by atoms with Crippen molar-refractivity contribution in [2.24, 2.45) is 0 Å². The summed E-state index contributed by atoms with van der Waals surface area (Å²) in [7, 11) is 1.67. The lowest BCUT2D eigenvalue weighted by Gasteiger charge is -2.36. The first-order valence-electron chi connectivity index (χ1n) is 11.9. The minimum absolute atomic E-state index is 0.0422. The molecule has 33 heavy (non-hydrogen) atoms. The second kappa shape index (κ2) is 9.75. The summed E-state index contributed by atoms with van der Waals surface area (Å²) in [6, 6.07) is 12.1. The van der Waals surface area contributed by atoms with E-state index in [4.69, 9.17) is 9.47 Å². The summed E-state index contributed by atoms with van der Waals surface area (Å²) < 4.78 is 11.4. The summed E-state index contributed by atoms with van der Waals surface area (Å²) in [5.74, 6) is 1.67. The highest BCUT2D eigenvalue weighted by atomic mass is 16.6. The molecule has 2 aliphatic rings. The SMILES string of the molecule is CNC(=O)c1ccc2[nH]cc(CCCCN3CCN(c4ccc5c(c4)OCCO5)CC3)c2c1. The molecule has 1 fully saturated rings. The summed E-state index contributed by atoms with van der Waals surface area (Å²) in [6.45, 7) is 6.60. The minimum atomic E-state index is -0.0422. The average Bonchev–Trinajstić information content (AvgIpc) is 3.28. The van der Waals surface area contributed by atoms with Crippen molar-refractivity contribution in [3.05, 3.63) is 53.7 Å². The fourth-order valence-electron chi connectivity index (χ4n) is 4.78. The summed E-state index contributed by atoms with van der Waals surface area (Å²) in [5, 5.41) is 3.86. The van der Waals surface area contributed by atoms with Crippen molar-refractivity contribution < 1.29 is 14.3 Å². The van der Waals surface area contributed by atoms with Gasteiger partial charge in [-0.25, -0.2) is 0 Å². The lowest BCUT2D eigenvalue weighted by molar-refractivity contribution is 0.0963. The van der Waals surface area contributed by atoms with Crippen LogP contribution in [0.3, 0.4) is 0 Å². The van der Waals surface area contributed by atoms with Crippen LogP contribution in [0.5, 0.6) is 11.5 Å². The summed E-state index contributed by atoms with van der Waals surface area (Å²) in [6.07, 6.45) is 5.42. The molecule has 3 aromatic rings. The first-order chi connectivity index (χ1) is 16.2. The number of nitrogens with zero attached hydrogens (tertiary/aromatic N) is 2. The zero-order chi connectivity index (χ0) is 22.6. The summed E-state index contributed by atoms with van der Waals surface area (Å²) in [5.41, 5.74) is 4.31. The number of hydrogen-bond donors (Lipinski definition) is 2. The fraction of sp³-hybridized carbons (Fsp3) is 0.423. The van der Waals surface area contributed by atoms with E-state index in [-0.39, 0.29) is 5.91 Å². The van der Waals surface area contributed by atoms with Crippen molar-refractivity contribution in [2.75, 3.05) is 57.9 Å². The van der Waals surface area contributed by atoms with Crippen molar-refractivity contribution in [2.45, 2.75) is 19.3 Å². The van der Waals surface area contributed by atoms with E-state index < -0.39 is 0 Å². The molecule has 0 spiro atoms. The van der Waals surface area contributed by atoms with Crippen LogP contribution >= 0.6 is 0 Å². The van der Waals surface area contributed by atoms with Crippen molar-refractivity contribution in [3.8, 4) is 11.5 Å². The van der Waals surface area contributed by atoms with Gasteiger partial charge in [-0.2, -0.15) is 0 Å². The number of aromatic amines is 1. The van der Waals surface area contributed by atoms with Gasteiger partial charge in [0, 0.05) is 67.6 Å². The van der Waals surface area contributed by atoms with Gasteiger partial charge < -0.3 is 24.7 Å². The first-order valence-corrected chi connectivity index (χ1v) is 11.9. The third-order valence-electron chi connectivity index (χ3n) is 6.69. The van der Waals surface area contributed by atoms with Gasteiger partial charge in [0.1, 0.15) is 13.2 Å². The maximum Gasteiger partial charge on any atom is 0.251 e. The number of ether oxygens (including phenoxy) is 2. The van der Waals surface area contributed by atoms with E-state index in [0.717, 1.165) is 68.0 Å². The maximum absolute atomic E-state index is 12.0. The van der Waals surface area contributed by atoms with E-state index in [2.05, 4.69) is 38.4 Å². The number of H-pyrrole nitrogens is 1. The van der Waals surface area contributed by atoms with E-state index >= 15 is 0 Å². The molecule has 7 heteroatoms. The van der Waals surface area contributed by atoms with Gasteiger partial charge in [-0.1, -0.05) is 0 Å². The van der Waals surface area contributed by atoms with Gasteiger partial charge in [-0.3, -0.25) is 9.69 Å². The Balaban J connectivity index is 1.09. The molecule has 0 aliphatic carbocycles. The van der Waals surface area contributed by atoms with Crippen LogP contribution in [0.25, 0.3) is 10.9 Å². The number of fused-ring (bicyclic) bond motifs is 2. The molecule has 0 radical (unpaired) electrons. The minimum Gasteiger partial charge on any atom is -0.486 e. The van der Waals surface area contributed by atoms with Crippen LogP contribution in [0.4, 0.5) is 5.69 Å². The number of benzene rings is 2. The average molecular weight is 449 g/mol. The number of rotatable bonds is 7. The highest BCUT2D eigenvalue weighted by molar-refractivity contribution is 5.98. The fourth-order valence-corrected chi connectivity index (χ4v) is 4.78. The molecule has 7 nitrogen and oxygen atoms in total. The van der Waals surface area contributed by atoms with Gasteiger partial charge in [-0.05, 0) is 61.7 Å². The molecule has 2 aliphatic heterocycles. The Kier molecular flexibility index (Phi) is 6.39. The number of anilines is 1. The molecule has 0 atom stereocenters. The molecule has 2 aromatic carbocycles. The Morgan fingerprint density at radius 2 is 1.82 bits per heavy atom. The Bertz CT molecular complexity index is 1120. The van der Waals surface area contributed by atoms with E-state index in [1.54, 1.807) is 7.05 Å². The number of amides is 1. The van der Waals surface area contributed by atoms with Crippen molar-refractivity contribution >= 4 is 22.5 Å². The van der Waals surface area contributed by atoms with E-state index in [0.29, 0.717) is 18.8 Å². The van der Waals surface area contributed by atoms with Gasteiger partial charge >= 0.3 is 0 Å². The van der Waals surface area contributed by atoms with Crippen LogP contribution in [0.1, 0.15) is 28.8 Å². The van der Waals surface area contributed by atoms with Crippen LogP contribution in [0, 0.1) is 0 Å². The molecule has 1 aromatic heterocycles. The van der Waals surface area contributed by atoms with Gasteiger partial charge in [-0.15, -0.1) is 0 Å². The van der Waals surface area contributed by atoms with Gasteiger partial charge in [0.05, 0.1) is 0 Å². The van der Waals surface area contributed by atoms with Crippen molar-refractivity contribution in [1.29, 1.82) is 0 Å². The number of piperazine rings is 1. The maximum atomic E-state index is 12.0. The third kappa shape index (κ3) is 4.78. The predicted molar refractivity (Wildman–Crippen MR) is 131 cm³/mol. The van der Waals surface area contributed by atoms with Crippen LogP contribution in [0.2, 0.25) is 0 Å². The predicted octanol–water partition coefficient (Wildman–Crippen LogP) is 3.44. The van der Waals surface area contributed by atoms with Crippen LogP contribution in [-0.2, 0) is 6.42 Å². The Morgan fingerprint density at radius 1 is 1.00 bits per heavy atom. The molecule has 0 bridgehead atoms. The van der Waals surface area contributed by atoms with Crippen molar-refractivity contribution in [1.82, 2.24) is 15.2 Å². The lowest BCUT2D eigenvalue weighted by Crippen LogP contribution is -2.46. The number of unbranched alkanes of at least 4 members (excludes halogenated alkanes) is 1. The Hall–Kier alpha value is -3.19. The monoisotopic (exact) mass is 448 g/mol. The molecule has 0 saturated carbocycles. The van der Waals surface area contributed by atoms with Crippen LogP contribution in [-0.4, -0.2) is 68.8 Å². The molecule has 1 amide bonds. The van der Waals surface area contributed by atoms with E-state index in [1.165, 1.54) is 17.7 Å². The number of hydrogen-bond acceptors (Lipinski definition) is 5. The summed E-state index contributed by atoms with van der Waals surface area (Å²) in [4.78, 5) is 20.3. The van der Waals surface area contributed by atoms with Crippen LogP contribution in [0.15, 0.2) is 42.6 Å². The van der Waals surface area contributed by atoms with Gasteiger partial charge in [0.2, 0.25) is 0 Å². The first kappa shape index (κ1) is 21.6.